The molecule has 1 amide bonds. The predicted molar refractivity (Wildman–Crippen MR) is 82.9 cm³/mol. The number of carboxylic acids is 1. The summed E-state index contributed by atoms with van der Waals surface area (Å²) in [5, 5.41) is 12.0. The van der Waals surface area contributed by atoms with Crippen molar-refractivity contribution in [2.24, 2.45) is 5.92 Å². The fourth-order valence-electron chi connectivity index (χ4n) is 2.77. The van der Waals surface area contributed by atoms with Gasteiger partial charge in [-0.2, -0.15) is 0 Å². The van der Waals surface area contributed by atoms with Crippen molar-refractivity contribution in [1.82, 2.24) is 5.32 Å². The highest BCUT2D eigenvalue weighted by molar-refractivity contribution is 5.94. The Morgan fingerprint density at radius 2 is 1.95 bits per heavy atom. The first-order chi connectivity index (χ1) is 10.4. The van der Waals surface area contributed by atoms with E-state index >= 15 is 0 Å². The van der Waals surface area contributed by atoms with Gasteiger partial charge in [0.05, 0.1) is 12.5 Å². The molecule has 0 radical (unpaired) electrons. The number of amides is 1. The van der Waals surface area contributed by atoms with E-state index in [4.69, 9.17) is 4.74 Å². The predicted octanol–water partition coefficient (Wildman–Crippen LogP) is 2.34. The molecule has 1 aromatic carbocycles. The van der Waals surface area contributed by atoms with Gasteiger partial charge in [0, 0.05) is 5.56 Å². The van der Waals surface area contributed by atoms with Gasteiger partial charge >= 0.3 is 5.97 Å². The quantitative estimate of drug-likeness (QED) is 0.811. The molecule has 1 aliphatic rings. The first-order valence-electron chi connectivity index (χ1n) is 7.58. The highest BCUT2D eigenvalue weighted by Crippen LogP contribution is 2.51. The van der Waals surface area contributed by atoms with Gasteiger partial charge in [-0.15, -0.1) is 0 Å². The summed E-state index contributed by atoms with van der Waals surface area (Å²) in [5.41, 5.74) is 0.195. The molecule has 0 unspecified atom stereocenters. The summed E-state index contributed by atoms with van der Waals surface area (Å²) in [6, 6.07) is 6.58. The molecule has 2 N–H and O–H groups in total. The molecular formula is C17H23NO4. The van der Waals surface area contributed by atoms with Gasteiger partial charge in [0.25, 0.3) is 0 Å². The molecule has 0 heterocycles. The number of carbonyl (C=O) groups is 2. The number of hydrogen-bond acceptors (Lipinski definition) is 3. The SMILES string of the molecule is COc1ccccc1C1(C(=O)N[C@H](CC(C)C)C(=O)O)CC1. The van der Waals surface area contributed by atoms with Gasteiger partial charge < -0.3 is 15.2 Å². The van der Waals surface area contributed by atoms with E-state index < -0.39 is 17.4 Å². The van der Waals surface area contributed by atoms with Gasteiger partial charge in [-0.25, -0.2) is 4.79 Å². The number of hydrogen-bond donors (Lipinski definition) is 2. The summed E-state index contributed by atoms with van der Waals surface area (Å²) < 4.78 is 5.34. The average molecular weight is 305 g/mol. The van der Waals surface area contributed by atoms with Crippen LogP contribution in [0.15, 0.2) is 24.3 Å². The Kier molecular flexibility index (Phi) is 4.74. The maximum absolute atomic E-state index is 12.7. The Morgan fingerprint density at radius 3 is 2.45 bits per heavy atom. The molecule has 5 nitrogen and oxygen atoms in total. The van der Waals surface area contributed by atoms with Crippen LogP contribution in [0.5, 0.6) is 5.75 Å². The second-order valence-electron chi connectivity index (χ2n) is 6.28. The van der Waals surface area contributed by atoms with E-state index in [0.717, 1.165) is 5.56 Å². The number of ether oxygens (including phenoxy) is 1. The third-order valence-electron chi connectivity index (χ3n) is 4.12. The number of methoxy groups -OCH3 is 1. The molecule has 0 saturated heterocycles. The summed E-state index contributed by atoms with van der Waals surface area (Å²) in [4.78, 5) is 24.0. The molecule has 1 fully saturated rings. The Hall–Kier alpha value is -2.04. The van der Waals surface area contributed by atoms with Gasteiger partial charge in [0.1, 0.15) is 11.8 Å². The third kappa shape index (κ3) is 3.24. The largest absolute Gasteiger partial charge is 0.496 e. The van der Waals surface area contributed by atoms with E-state index in [1.54, 1.807) is 7.11 Å². The molecule has 0 aromatic heterocycles. The Morgan fingerprint density at radius 1 is 1.32 bits per heavy atom. The minimum Gasteiger partial charge on any atom is -0.496 e. The zero-order valence-electron chi connectivity index (χ0n) is 13.3. The van der Waals surface area contributed by atoms with E-state index in [9.17, 15) is 14.7 Å². The number of para-hydroxylation sites is 1. The van der Waals surface area contributed by atoms with Crippen LogP contribution in [0.25, 0.3) is 0 Å². The lowest BCUT2D eigenvalue weighted by Crippen LogP contribution is -2.46. The zero-order chi connectivity index (χ0) is 16.3. The second-order valence-corrected chi connectivity index (χ2v) is 6.28. The van der Waals surface area contributed by atoms with Gasteiger partial charge in [0.15, 0.2) is 0 Å². The summed E-state index contributed by atoms with van der Waals surface area (Å²) in [7, 11) is 1.58. The monoisotopic (exact) mass is 305 g/mol. The van der Waals surface area contributed by atoms with Crippen LogP contribution in [-0.2, 0) is 15.0 Å². The molecule has 22 heavy (non-hydrogen) atoms. The number of carbonyl (C=O) groups excluding carboxylic acids is 1. The number of benzene rings is 1. The van der Waals surface area contributed by atoms with Crippen LogP contribution >= 0.6 is 0 Å². The van der Waals surface area contributed by atoms with Crippen molar-refractivity contribution in [3.63, 3.8) is 0 Å². The van der Waals surface area contributed by atoms with Crippen molar-refractivity contribution >= 4 is 11.9 Å². The fourth-order valence-corrected chi connectivity index (χ4v) is 2.77. The minimum atomic E-state index is -0.988. The van der Waals surface area contributed by atoms with Crippen LogP contribution < -0.4 is 10.1 Å². The topological polar surface area (TPSA) is 75.6 Å². The third-order valence-corrected chi connectivity index (χ3v) is 4.12. The van der Waals surface area contributed by atoms with E-state index in [-0.39, 0.29) is 11.8 Å². The van der Waals surface area contributed by atoms with Crippen molar-refractivity contribution in [3.8, 4) is 5.75 Å². The number of rotatable bonds is 7. The summed E-state index contributed by atoms with van der Waals surface area (Å²) in [6.45, 7) is 3.88. The molecule has 1 aliphatic carbocycles. The lowest BCUT2D eigenvalue weighted by atomic mass is 9.93. The highest BCUT2D eigenvalue weighted by Gasteiger charge is 2.53. The molecule has 120 valence electrons. The zero-order valence-corrected chi connectivity index (χ0v) is 13.3. The maximum atomic E-state index is 12.7. The summed E-state index contributed by atoms with van der Waals surface area (Å²) in [6.07, 6.45) is 1.85. The Balaban J connectivity index is 2.19. The normalized spacial score (nSPS) is 16.9. The molecule has 2 rings (SSSR count). The van der Waals surface area contributed by atoms with E-state index in [1.807, 2.05) is 38.1 Å². The molecule has 0 spiro atoms. The molecule has 1 aromatic rings. The van der Waals surface area contributed by atoms with Crippen LogP contribution in [0.2, 0.25) is 0 Å². The van der Waals surface area contributed by atoms with E-state index in [0.29, 0.717) is 25.0 Å². The summed E-state index contributed by atoms with van der Waals surface area (Å²) >= 11 is 0. The van der Waals surface area contributed by atoms with E-state index in [2.05, 4.69) is 5.32 Å². The Bertz CT molecular complexity index is 564. The minimum absolute atomic E-state index is 0.197. The maximum Gasteiger partial charge on any atom is 0.326 e. The van der Waals surface area contributed by atoms with Gasteiger partial charge in [-0.1, -0.05) is 32.0 Å². The fraction of sp³-hybridized carbons (Fsp3) is 0.529. The molecular weight excluding hydrogens is 282 g/mol. The van der Waals surface area contributed by atoms with Gasteiger partial charge in [-0.3, -0.25) is 4.79 Å². The molecule has 1 atom stereocenters. The lowest BCUT2D eigenvalue weighted by Gasteiger charge is -2.22. The van der Waals surface area contributed by atoms with Crippen LogP contribution in [0, 0.1) is 5.92 Å². The molecule has 0 bridgehead atoms. The highest BCUT2D eigenvalue weighted by atomic mass is 16.5. The van der Waals surface area contributed by atoms with Crippen molar-refractivity contribution in [1.29, 1.82) is 0 Å². The second kappa shape index (κ2) is 6.38. The van der Waals surface area contributed by atoms with Crippen LogP contribution in [0.4, 0.5) is 0 Å². The van der Waals surface area contributed by atoms with Crippen LogP contribution in [-0.4, -0.2) is 30.1 Å². The van der Waals surface area contributed by atoms with Crippen molar-refractivity contribution in [3.05, 3.63) is 29.8 Å². The standard InChI is InChI=1S/C17H23NO4/c1-11(2)10-13(15(19)20)18-16(21)17(8-9-17)12-6-4-5-7-14(12)22-3/h4-7,11,13H,8-10H2,1-3H3,(H,18,21)(H,19,20)/t13-/m1/s1. The smallest absolute Gasteiger partial charge is 0.326 e. The molecule has 5 heteroatoms. The van der Waals surface area contributed by atoms with Crippen LogP contribution in [0.3, 0.4) is 0 Å². The lowest BCUT2D eigenvalue weighted by molar-refractivity contribution is -0.142. The van der Waals surface area contributed by atoms with Gasteiger partial charge in [0.2, 0.25) is 5.91 Å². The average Bonchev–Trinajstić information content (AvgIpc) is 3.27. The first kappa shape index (κ1) is 16.3. The van der Waals surface area contributed by atoms with Crippen molar-refractivity contribution in [2.75, 3.05) is 7.11 Å². The molecule has 1 saturated carbocycles. The Labute approximate surface area is 130 Å². The van der Waals surface area contributed by atoms with Crippen molar-refractivity contribution in [2.45, 2.75) is 44.6 Å². The summed E-state index contributed by atoms with van der Waals surface area (Å²) in [5.74, 6) is -0.336. The van der Waals surface area contributed by atoms with Gasteiger partial charge in [-0.05, 0) is 31.2 Å². The number of carboxylic acid groups (broad SMARTS) is 1. The van der Waals surface area contributed by atoms with Crippen molar-refractivity contribution < 1.29 is 19.4 Å². The van der Waals surface area contributed by atoms with Crippen LogP contribution in [0.1, 0.15) is 38.7 Å². The molecule has 0 aliphatic heterocycles. The first-order valence-corrected chi connectivity index (χ1v) is 7.58. The number of aliphatic carboxylic acids is 1. The van der Waals surface area contributed by atoms with E-state index in [1.165, 1.54) is 0 Å². The number of nitrogens with one attached hydrogen (secondary N) is 1.